The molecule has 0 aliphatic rings. The Labute approximate surface area is 139 Å². The largest absolute Gasteiger partial charge is 0.446 e. The number of unbranched alkanes of at least 4 members (excludes halogenated alkanes) is 1. The first kappa shape index (κ1) is 19.6. The quantitative estimate of drug-likeness (QED) is 0.691. The number of nitrogens with two attached hydrogens (primary N) is 1. The van der Waals surface area contributed by atoms with E-state index in [0.29, 0.717) is 30.2 Å². The Morgan fingerprint density at radius 3 is 2.57 bits per heavy atom. The molecule has 0 saturated heterocycles. The van der Waals surface area contributed by atoms with Crippen molar-refractivity contribution in [3.8, 4) is 0 Å². The molecule has 0 bridgehead atoms. The molecule has 0 aliphatic carbocycles. The highest BCUT2D eigenvalue weighted by Crippen LogP contribution is 2.16. The summed E-state index contributed by atoms with van der Waals surface area (Å²) in [4.78, 5) is 18.7. The zero-order valence-corrected chi connectivity index (χ0v) is 15.1. The van der Waals surface area contributed by atoms with Crippen molar-refractivity contribution < 1.29 is 9.21 Å². The first-order valence-corrected chi connectivity index (χ1v) is 8.61. The number of hydrogen-bond donors (Lipinski definition) is 2. The van der Waals surface area contributed by atoms with Gasteiger partial charge in [-0.05, 0) is 34.1 Å². The Bertz CT molecular complexity index is 463. The van der Waals surface area contributed by atoms with E-state index in [1.807, 2.05) is 0 Å². The fraction of sp³-hybridized carbons (Fsp3) is 0.765. The number of amides is 1. The van der Waals surface area contributed by atoms with E-state index in [2.05, 4.69) is 49.8 Å². The second-order valence-electron chi connectivity index (χ2n) is 6.50. The molecule has 0 spiro atoms. The molecule has 0 aliphatic heterocycles. The Kier molecular flexibility index (Phi) is 8.26. The minimum atomic E-state index is -0.242. The van der Waals surface area contributed by atoms with Crippen LogP contribution in [0.15, 0.2) is 10.7 Å². The Balaban J connectivity index is 2.48. The van der Waals surface area contributed by atoms with Gasteiger partial charge < -0.3 is 15.5 Å². The van der Waals surface area contributed by atoms with Crippen LogP contribution in [0.2, 0.25) is 0 Å². The summed E-state index contributed by atoms with van der Waals surface area (Å²) in [7, 11) is 0. The van der Waals surface area contributed by atoms with E-state index in [4.69, 9.17) is 10.2 Å². The lowest BCUT2D eigenvalue weighted by Gasteiger charge is -2.30. The van der Waals surface area contributed by atoms with Crippen molar-refractivity contribution in [2.45, 2.75) is 72.0 Å². The monoisotopic (exact) mass is 324 g/mol. The standard InChI is InChI=1S/C17H32N4O2/c1-6-7-8-14(18)17-20-15(11-23-17)16(22)19-9-10-21(12(2)3)13(4)5/h11-14H,6-10,18H2,1-5H3,(H,19,22). The highest BCUT2D eigenvalue weighted by molar-refractivity contribution is 5.91. The van der Waals surface area contributed by atoms with Gasteiger partial charge in [0.05, 0.1) is 6.04 Å². The summed E-state index contributed by atoms with van der Waals surface area (Å²) in [6.45, 7) is 12.1. The molecule has 1 amide bonds. The zero-order valence-electron chi connectivity index (χ0n) is 15.1. The van der Waals surface area contributed by atoms with Crippen LogP contribution in [0.4, 0.5) is 0 Å². The third kappa shape index (κ3) is 6.31. The molecule has 3 N–H and O–H groups in total. The van der Waals surface area contributed by atoms with Gasteiger partial charge in [0.15, 0.2) is 5.69 Å². The number of hydrogen-bond acceptors (Lipinski definition) is 5. The molecule has 0 aromatic carbocycles. The van der Waals surface area contributed by atoms with Crippen molar-refractivity contribution in [3.05, 3.63) is 17.8 Å². The van der Waals surface area contributed by atoms with Crippen LogP contribution in [-0.4, -0.2) is 41.0 Å². The third-order valence-electron chi connectivity index (χ3n) is 3.92. The maximum Gasteiger partial charge on any atom is 0.273 e. The molecule has 6 nitrogen and oxygen atoms in total. The summed E-state index contributed by atoms with van der Waals surface area (Å²) >= 11 is 0. The lowest BCUT2D eigenvalue weighted by molar-refractivity contribution is 0.0934. The molecule has 132 valence electrons. The summed E-state index contributed by atoms with van der Waals surface area (Å²) in [6, 6.07) is 0.651. The van der Waals surface area contributed by atoms with E-state index in [0.717, 1.165) is 25.8 Å². The number of rotatable bonds is 10. The second kappa shape index (κ2) is 9.67. The van der Waals surface area contributed by atoms with E-state index in [1.54, 1.807) is 0 Å². The minimum absolute atomic E-state index is 0.213. The average molecular weight is 324 g/mol. The van der Waals surface area contributed by atoms with Crippen LogP contribution in [0.1, 0.15) is 76.3 Å². The summed E-state index contributed by atoms with van der Waals surface area (Å²) in [5, 5.41) is 2.89. The number of nitrogens with zero attached hydrogens (tertiary/aromatic N) is 2. The Morgan fingerprint density at radius 1 is 1.35 bits per heavy atom. The summed E-state index contributed by atoms with van der Waals surface area (Å²) in [5.41, 5.74) is 6.31. The second-order valence-corrected chi connectivity index (χ2v) is 6.50. The van der Waals surface area contributed by atoms with Crippen molar-refractivity contribution in [2.24, 2.45) is 5.73 Å². The van der Waals surface area contributed by atoms with E-state index in [-0.39, 0.29) is 11.9 Å². The highest BCUT2D eigenvalue weighted by Gasteiger charge is 2.17. The van der Waals surface area contributed by atoms with Gasteiger partial charge in [-0.15, -0.1) is 0 Å². The fourth-order valence-electron chi connectivity index (χ4n) is 2.61. The molecule has 0 saturated carbocycles. The van der Waals surface area contributed by atoms with Gasteiger partial charge >= 0.3 is 0 Å². The molecule has 1 rings (SSSR count). The first-order valence-electron chi connectivity index (χ1n) is 8.61. The van der Waals surface area contributed by atoms with Crippen LogP contribution in [0.3, 0.4) is 0 Å². The maximum atomic E-state index is 12.1. The molecule has 1 aromatic rings. The summed E-state index contributed by atoms with van der Waals surface area (Å²) in [5.74, 6) is 0.227. The number of carbonyl (C=O) groups excluding carboxylic acids is 1. The average Bonchev–Trinajstić information content (AvgIpc) is 2.98. The highest BCUT2D eigenvalue weighted by atomic mass is 16.3. The van der Waals surface area contributed by atoms with Crippen LogP contribution in [0.5, 0.6) is 0 Å². The molecule has 23 heavy (non-hydrogen) atoms. The fourth-order valence-corrected chi connectivity index (χ4v) is 2.61. The van der Waals surface area contributed by atoms with Gasteiger partial charge in [-0.3, -0.25) is 9.69 Å². The van der Waals surface area contributed by atoms with Crippen LogP contribution < -0.4 is 11.1 Å². The molecular weight excluding hydrogens is 292 g/mol. The van der Waals surface area contributed by atoms with Gasteiger partial charge in [0.25, 0.3) is 5.91 Å². The third-order valence-corrected chi connectivity index (χ3v) is 3.92. The summed E-state index contributed by atoms with van der Waals surface area (Å²) in [6.07, 6.45) is 4.30. The molecule has 1 unspecified atom stereocenters. The van der Waals surface area contributed by atoms with Crippen molar-refractivity contribution in [1.82, 2.24) is 15.2 Å². The smallest absolute Gasteiger partial charge is 0.273 e. The van der Waals surface area contributed by atoms with E-state index >= 15 is 0 Å². The van der Waals surface area contributed by atoms with Crippen molar-refractivity contribution in [3.63, 3.8) is 0 Å². The number of aromatic nitrogens is 1. The lowest BCUT2D eigenvalue weighted by Crippen LogP contribution is -2.42. The normalized spacial score (nSPS) is 13.1. The summed E-state index contributed by atoms with van der Waals surface area (Å²) < 4.78 is 5.34. The Hall–Kier alpha value is -1.40. The van der Waals surface area contributed by atoms with Crippen LogP contribution in [0.25, 0.3) is 0 Å². The molecule has 1 heterocycles. The maximum absolute atomic E-state index is 12.1. The Morgan fingerprint density at radius 2 is 2.00 bits per heavy atom. The number of carbonyl (C=O) groups is 1. The predicted molar refractivity (Wildman–Crippen MR) is 92.3 cm³/mol. The SMILES string of the molecule is CCCCC(N)c1nc(C(=O)NCCN(C(C)C)C(C)C)co1. The van der Waals surface area contributed by atoms with Crippen molar-refractivity contribution in [1.29, 1.82) is 0 Å². The van der Waals surface area contributed by atoms with E-state index in [1.165, 1.54) is 6.26 Å². The van der Waals surface area contributed by atoms with Crippen molar-refractivity contribution >= 4 is 5.91 Å². The first-order chi connectivity index (χ1) is 10.9. The number of nitrogens with one attached hydrogen (secondary N) is 1. The lowest BCUT2D eigenvalue weighted by atomic mass is 10.1. The van der Waals surface area contributed by atoms with Gasteiger partial charge in [-0.1, -0.05) is 19.8 Å². The van der Waals surface area contributed by atoms with Crippen molar-refractivity contribution in [2.75, 3.05) is 13.1 Å². The van der Waals surface area contributed by atoms with Crippen LogP contribution in [0, 0.1) is 0 Å². The molecule has 1 aromatic heterocycles. The topological polar surface area (TPSA) is 84.4 Å². The van der Waals surface area contributed by atoms with Crippen LogP contribution >= 0.6 is 0 Å². The minimum Gasteiger partial charge on any atom is -0.446 e. The molecule has 1 atom stereocenters. The van der Waals surface area contributed by atoms with Gasteiger partial charge in [0.1, 0.15) is 6.26 Å². The van der Waals surface area contributed by atoms with Gasteiger partial charge in [0, 0.05) is 25.2 Å². The zero-order chi connectivity index (χ0) is 17.4. The van der Waals surface area contributed by atoms with E-state index in [9.17, 15) is 4.79 Å². The molecule has 0 fully saturated rings. The van der Waals surface area contributed by atoms with Crippen LogP contribution in [-0.2, 0) is 0 Å². The van der Waals surface area contributed by atoms with Gasteiger partial charge in [0.2, 0.25) is 5.89 Å². The molecule has 6 heteroatoms. The predicted octanol–water partition coefficient (Wildman–Crippen LogP) is 2.71. The van der Waals surface area contributed by atoms with E-state index < -0.39 is 0 Å². The van der Waals surface area contributed by atoms with Gasteiger partial charge in [-0.25, -0.2) is 4.98 Å². The molecular formula is C17H32N4O2. The number of oxazole rings is 1. The molecule has 0 radical (unpaired) electrons. The van der Waals surface area contributed by atoms with Gasteiger partial charge in [-0.2, -0.15) is 0 Å².